The lowest BCUT2D eigenvalue weighted by molar-refractivity contribution is -0.125. The lowest BCUT2D eigenvalue weighted by Crippen LogP contribution is -2.55. The molecule has 0 radical (unpaired) electrons. The van der Waals surface area contributed by atoms with Gasteiger partial charge in [0.15, 0.2) is 0 Å². The average molecular weight is 391 g/mol. The minimum Gasteiger partial charge on any atom is -0.383 e. The van der Waals surface area contributed by atoms with Crippen LogP contribution in [0.5, 0.6) is 0 Å². The minimum atomic E-state index is -1.02. The predicted molar refractivity (Wildman–Crippen MR) is 102 cm³/mol. The number of benzene rings is 1. The summed E-state index contributed by atoms with van der Waals surface area (Å²) in [7, 11) is 1.56. The molecule has 1 unspecified atom stereocenters. The molecule has 2 N–H and O–H groups in total. The van der Waals surface area contributed by atoms with Crippen molar-refractivity contribution >= 4 is 28.8 Å². The fourth-order valence-electron chi connectivity index (χ4n) is 3.17. The number of carbonyl (C=O) groups excluding carboxylic acids is 2. The van der Waals surface area contributed by atoms with Gasteiger partial charge in [-0.1, -0.05) is 6.07 Å². The lowest BCUT2D eigenvalue weighted by Gasteiger charge is -2.30. The van der Waals surface area contributed by atoms with E-state index in [1.165, 1.54) is 23.5 Å². The van der Waals surface area contributed by atoms with E-state index in [2.05, 4.69) is 10.6 Å². The quantitative estimate of drug-likeness (QED) is 0.711. The Balaban J connectivity index is 1.80. The maximum absolute atomic E-state index is 13.6. The van der Waals surface area contributed by atoms with Gasteiger partial charge in [-0.3, -0.25) is 9.59 Å². The van der Waals surface area contributed by atoms with Crippen molar-refractivity contribution in [3.05, 3.63) is 52.5 Å². The molecule has 1 aromatic heterocycles. The molecule has 0 spiro atoms. The number of hydrogen-bond donors (Lipinski definition) is 2. The third-order valence-corrected chi connectivity index (χ3v) is 5.24. The number of amides is 2. The van der Waals surface area contributed by atoms with E-state index in [1.54, 1.807) is 35.6 Å². The van der Waals surface area contributed by atoms with Crippen molar-refractivity contribution in [2.45, 2.75) is 12.0 Å². The van der Waals surface area contributed by atoms with E-state index in [9.17, 15) is 14.0 Å². The molecule has 2 aromatic rings. The van der Waals surface area contributed by atoms with Gasteiger partial charge in [0, 0.05) is 31.3 Å². The molecule has 6 nitrogen and oxygen atoms in total. The first-order chi connectivity index (χ1) is 13.0. The van der Waals surface area contributed by atoms with Crippen molar-refractivity contribution in [2.75, 3.05) is 38.7 Å². The molecule has 27 heavy (non-hydrogen) atoms. The Morgan fingerprint density at radius 2 is 2.22 bits per heavy atom. The van der Waals surface area contributed by atoms with Crippen molar-refractivity contribution in [1.82, 2.24) is 10.2 Å². The second-order valence-electron chi connectivity index (χ2n) is 6.45. The molecular weight excluding hydrogens is 369 g/mol. The van der Waals surface area contributed by atoms with Crippen LogP contribution in [0.15, 0.2) is 41.1 Å². The fourth-order valence-corrected chi connectivity index (χ4v) is 3.80. The molecular formula is C19H22FN3O3S. The number of ether oxygens (including phenoxy) is 1. The summed E-state index contributed by atoms with van der Waals surface area (Å²) >= 11 is 1.45. The van der Waals surface area contributed by atoms with E-state index in [0.29, 0.717) is 37.4 Å². The molecule has 1 aromatic carbocycles. The van der Waals surface area contributed by atoms with Crippen molar-refractivity contribution in [2.24, 2.45) is 0 Å². The van der Waals surface area contributed by atoms with Gasteiger partial charge in [0.1, 0.15) is 11.4 Å². The smallest absolute Gasteiger partial charge is 0.254 e. The van der Waals surface area contributed by atoms with Crippen LogP contribution in [0.3, 0.4) is 0 Å². The van der Waals surface area contributed by atoms with Gasteiger partial charge >= 0.3 is 0 Å². The molecule has 1 saturated heterocycles. The molecule has 1 aliphatic rings. The summed E-state index contributed by atoms with van der Waals surface area (Å²) < 4.78 is 18.6. The number of halogens is 1. The number of rotatable bonds is 7. The largest absolute Gasteiger partial charge is 0.383 e. The Morgan fingerprint density at radius 3 is 2.93 bits per heavy atom. The Bertz CT molecular complexity index is 799. The molecule has 1 aliphatic heterocycles. The zero-order valence-corrected chi connectivity index (χ0v) is 15.9. The fraction of sp³-hybridized carbons (Fsp3) is 0.368. The Kier molecular flexibility index (Phi) is 6.08. The summed E-state index contributed by atoms with van der Waals surface area (Å²) in [5.41, 5.74) is 0.0933. The van der Waals surface area contributed by atoms with Gasteiger partial charge in [0.2, 0.25) is 5.91 Å². The molecule has 2 amide bonds. The summed E-state index contributed by atoms with van der Waals surface area (Å²) in [5.74, 6) is -0.729. The molecule has 1 atom stereocenters. The zero-order valence-electron chi connectivity index (χ0n) is 15.0. The SMILES string of the molecule is COCCNC(=O)C1(Nc2cccc(F)c2)CCN(C(=O)c2ccsc2)C1. The van der Waals surface area contributed by atoms with Crippen LogP contribution in [-0.2, 0) is 9.53 Å². The Hall–Kier alpha value is -2.45. The highest BCUT2D eigenvalue weighted by Gasteiger charge is 2.46. The summed E-state index contributed by atoms with van der Waals surface area (Å²) in [5, 5.41) is 9.65. The van der Waals surface area contributed by atoms with Gasteiger partial charge in [-0.25, -0.2) is 4.39 Å². The van der Waals surface area contributed by atoms with Crippen molar-refractivity contribution in [1.29, 1.82) is 0 Å². The molecule has 3 rings (SSSR count). The maximum atomic E-state index is 13.6. The van der Waals surface area contributed by atoms with Crippen LogP contribution in [0, 0.1) is 5.82 Å². The van der Waals surface area contributed by atoms with Gasteiger partial charge in [0.05, 0.1) is 18.7 Å². The number of carbonyl (C=O) groups is 2. The van der Waals surface area contributed by atoms with E-state index in [0.717, 1.165) is 0 Å². The third-order valence-electron chi connectivity index (χ3n) is 4.56. The van der Waals surface area contributed by atoms with Crippen LogP contribution in [0.25, 0.3) is 0 Å². The highest BCUT2D eigenvalue weighted by molar-refractivity contribution is 7.08. The zero-order chi connectivity index (χ0) is 19.3. The molecule has 2 heterocycles. The second-order valence-corrected chi connectivity index (χ2v) is 7.23. The van der Waals surface area contributed by atoms with Crippen LogP contribution in [0.1, 0.15) is 16.8 Å². The molecule has 0 saturated carbocycles. The van der Waals surface area contributed by atoms with Gasteiger partial charge < -0.3 is 20.3 Å². The highest BCUT2D eigenvalue weighted by atomic mass is 32.1. The maximum Gasteiger partial charge on any atom is 0.254 e. The van der Waals surface area contributed by atoms with Gasteiger partial charge in [-0.2, -0.15) is 11.3 Å². The van der Waals surface area contributed by atoms with Crippen LogP contribution >= 0.6 is 11.3 Å². The topological polar surface area (TPSA) is 70.7 Å². The molecule has 144 valence electrons. The standard InChI is InChI=1S/C19H22FN3O3S/c1-26-9-7-21-18(25)19(22-16-4-2-3-15(20)11-16)6-8-23(13-19)17(24)14-5-10-27-12-14/h2-5,10-12,22H,6-9,13H2,1H3,(H,21,25). The van der Waals surface area contributed by atoms with Crippen LogP contribution < -0.4 is 10.6 Å². The third kappa shape index (κ3) is 4.45. The second kappa shape index (κ2) is 8.49. The van der Waals surface area contributed by atoms with Crippen LogP contribution in [0.4, 0.5) is 10.1 Å². The van der Waals surface area contributed by atoms with Crippen molar-refractivity contribution < 1.29 is 18.7 Å². The first-order valence-corrected chi connectivity index (χ1v) is 9.61. The van der Waals surface area contributed by atoms with Gasteiger partial charge in [0.25, 0.3) is 5.91 Å². The number of anilines is 1. The monoisotopic (exact) mass is 391 g/mol. The predicted octanol–water partition coefficient (Wildman–Crippen LogP) is 2.35. The van der Waals surface area contributed by atoms with Gasteiger partial charge in [-0.05, 0) is 36.1 Å². The van der Waals surface area contributed by atoms with E-state index in [-0.39, 0.29) is 24.2 Å². The number of nitrogens with zero attached hydrogens (tertiary/aromatic N) is 1. The van der Waals surface area contributed by atoms with E-state index in [1.807, 2.05) is 5.38 Å². The molecule has 0 aliphatic carbocycles. The number of hydrogen-bond acceptors (Lipinski definition) is 5. The number of methoxy groups -OCH3 is 1. The normalized spacial score (nSPS) is 19.1. The number of thiophene rings is 1. The first kappa shape index (κ1) is 19.3. The van der Waals surface area contributed by atoms with Gasteiger partial charge in [-0.15, -0.1) is 0 Å². The van der Waals surface area contributed by atoms with E-state index in [4.69, 9.17) is 4.74 Å². The molecule has 0 bridgehead atoms. The number of likely N-dealkylation sites (tertiary alicyclic amines) is 1. The van der Waals surface area contributed by atoms with Crippen LogP contribution in [-0.4, -0.2) is 55.6 Å². The Labute approximate surface area is 161 Å². The molecule has 1 fully saturated rings. The van der Waals surface area contributed by atoms with E-state index >= 15 is 0 Å². The average Bonchev–Trinajstić information content (AvgIpc) is 3.32. The number of nitrogens with one attached hydrogen (secondary N) is 2. The van der Waals surface area contributed by atoms with Crippen molar-refractivity contribution in [3.8, 4) is 0 Å². The lowest BCUT2D eigenvalue weighted by atomic mass is 9.96. The van der Waals surface area contributed by atoms with Crippen LogP contribution in [0.2, 0.25) is 0 Å². The highest BCUT2D eigenvalue weighted by Crippen LogP contribution is 2.28. The van der Waals surface area contributed by atoms with E-state index < -0.39 is 5.54 Å². The van der Waals surface area contributed by atoms with Crippen molar-refractivity contribution in [3.63, 3.8) is 0 Å². The first-order valence-electron chi connectivity index (χ1n) is 8.66. The summed E-state index contributed by atoms with van der Waals surface area (Å²) in [6, 6.07) is 7.74. The molecule has 8 heteroatoms. The summed E-state index contributed by atoms with van der Waals surface area (Å²) in [6.07, 6.45) is 0.429. The Morgan fingerprint density at radius 1 is 1.37 bits per heavy atom. The summed E-state index contributed by atoms with van der Waals surface area (Å²) in [6.45, 7) is 1.39. The summed E-state index contributed by atoms with van der Waals surface area (Å²) in [4.78, 5) is 27.3. The minimum absolute atomic E-state index is 0.108.